The standard InChI is InChI=1S/C13H12Cl2N4OS/c14-7-1-2-11(9(15)5-7)17-19-13(20)12-8-6-21-4-3-10(8)16-18-12/h1-5,8,12,17-18H,6H2,(H,19,20). The Hall–Kier alpha value is -1.37. The Morgan fingerprint density at radius 3 is 3.10 bits per heavy atom. The number of hydrazone groups is 1. The number of amides is 1. The smallest absolute Gasteiger partial charge is 0.263 e. The normalized spacial score (nSPS) is 23.0. The van der Waals surface area contributed by atoms with E-state index in [1.165, 1.54) is 0 Å². The molecule has 2 heterocycles. The van der Waals surface area contributed by atoms with Gasteiger partial charge in [0.15, 0.2) is 0 Å². The first-order valence-electron chi connectivity index (χ1n) is 6.27. The van der Waals surface area contributed by atoms with E-state index < -0.39 is 0 Å². The minimum atomic E-state index is -0.379. The molecule has 1 aromatic carbocycles. The zero-order chi connectivity index (χ0) is 14.8. The van der Waals surface area contributed by atoms with Crippen molar-refractivity contribution in [3.63, 3.8) is 0 Å². The Bertz CT molecular complexity index is 635. The van der Waals surface area contributed by atoms with Crippen LogP contribution in [0.15, 0.2) is 34.8 Å². The van der Waals surface area contributed by atoms with Gasteiger partial charge in [0.25, 0.3) is 5.91 Å². The molecule has 1 amide bonds. The van der Waals surface area contributed by atoms with Crippen molar-refractivity contribution in [1.29, 1.82) is 0 Å². The van der Waals surface area contributed by atoms with Gasteiger partial charge in [-0.05, 0) is 29.7 Å². The molecule has 2 aliphatic heterocycles. The second-order valence-electron chi connectivity index (χ2n) is 4.62. The summed E-state index contributed by atoms with van der Waals surface area (Å²) in [4.78, 5) is 12.2. The number of hydrazine groups is 1. The predicted octanol–water partition coefficient (Wildman–Crippen LogP) is 2.64. The summed E-state index contributed by atoms with van der Waals surface area (Å²) >= 11 is 13.5. The lowest BCUT2D eigenvalue weighted by molar-refractivity contribution is -0.122. The van der Waals surface area contributed by atoms with Gasteiger partial charge in [0.2, 0.25) is 0 Å². The minimum Gasteiger partial charge on any atom is -0.297 e. The van der Waals surface area contributed by atoms with Crippen LogP contribution in [0.3, 0.4) is 0 Å². The number of hydrogen-bond acceptors (Lipinski definition) is 5. The lowest BCUT2D eigenvalue weighted by Gasteiger charge is -2.21. The average Bonchev–Trinajstić information content (AvgIpc) is 2.90. The summed E-state index contributed by atoms with van der Waals surface area (Å²) in [7, 11) is 0. The zero-order valence-electron chi connectivity index (χ0n) is 10.8. The first kappa shape index (κ1) is 14.6. The van der Waals surface area contributed by atoms with Crippen molar-refractivity contribution in [2.75, 3.05) is 11.2 Å². The molecule has 8 heteroatoms. The maximum absolute atomic E-state index is 12.2. The summed E-state index contributed by atoms with van der Waals surface area (Å²) in [6.07, 6.45) is 1.93. The summed E-state index contributed by atoms with van der Waals surface area (Å²) in [5, 5.41) is 7.15. The largest absolute Gasteiger partial charge is 0.297 e. The number of carbonyl (C=O) groups excluding carboxylic acids is 1. The Kier molecular flexibility index (Phi) is 4.28. The van der Waals surface area contributed by atoms with E-state index in [0.29, 0.717) is 15.7 Å². The van der Waals surface area contributed by atoms with Crippen LogP contribution < -0.4 is 16.3 Å². The Balaban J connectivity index is 1.61. The van der Waals surface area contributed by atoms with Gasteiger partial charge >= 0.3 is 0 Å². The number of anilines is 1. The molecular formula is C13H12Cl2N4OS. The van der Waals surface area contributed by atoms with Gasteiger partial charge in [-0.25, -0.2) is 0 Å². The molecule has 2 unspecified atom stereocenters. The van der Waals surface area contributed by atoms with Crippen molar-refractivity contribution >= 4 is 52.3 Å². The predicted molar refractivity (Wildman–Crippen MR) is 87.7 cm³/mol. The van der Waals surface area contributed by atoms with Crippen LogP contribution in [0.2, 0.25) is 10.0 Å². The molecule has 3 rings (SSSR count). The maximum Gasteiger partial charge on any atom is 0.263 e. The van der Waals surface area contributed by atoms with Crippen molar-refractivity contribution < 1.29 is 4.79 Å². The molecule has 0 saturated heterocycles. The Labute approximate surface area is 136 Å². The summed E-state index contributed by atoms with van der Waals surface area (Å²) in [5.41, 5.74) is 9.84. The van der Waals surface area contributed by atoms with Crippen LogP contribution in [0.5, 0.6) is 0 Å². The molecular weight excluding hydrogens is 331 g/mol. The Morgan fingerprint density at radius 1 is 1.43 bits per heavy atom. The maximum atomic E-state index is 12.2. The fourth-order valence-corrected chi connectivity index (χ4v) is 3.52. The monoisotopic (exact) mass is 342 g/mol. The number of benzene rings is 1. The molecule has 2 atom stereocenters. The molecule has 0 bridgehead atoms. The molecule has 5 nitrogen and oxygen atoms in total. The average molecular weight is 343 g/mol. The highest BCUT2D eigenvalue weighted by Gasteiger charge is 2.36. The van der Waals surface area contributed by atoms with Crippen LogP contribution >= 0.6 is 35.0 Å². The summed E-state index contributed by atoms with van der Waals surface area (Å²) < 4.78 is 0. The molecule has 110 valence electrons. The molecule has 0 saturated carbocycles. The highest BCUT2D eigenvalue weighted by atomic mass is 35.5. The third-order valence-electron chi connectivity index (χ3n) is 3.26. The van der Waals surface area contributed by atoms with Crippen molar-refractivity contribution in [2.45, 2.75) is 6.04 Å². The number of nitrogens with one attached hydrogen (secondary N) is 3. The molecule has 0 radical (unpaired) electrons. The lowest BCUT2D eigenvalue weighted by Crippen LogP contribution is -2.47. The van der Waals surface area contributed by atoms with E-state index in [4.69, 9.17) is 23.2 Å². The van der Waals surface area contributed by atoms with Gasteiger partial charge in [0, 0.05) is 16.7 Å². The molecule has 3 N–H and O–H groups in total. The summed E-state index contributed by atoms with van der Waals surface area (Å²) in [6.45, 7) is 0. The van der Waals surface area contributed by atoms with Crippen molar-refractivity contribution in [3.05, 3.63) is 39.7 Å². The van der Waals surface area contributed by atoms with Gasteiger partial charge < -0.3 is 0 Å². The first-order chi connectivity index (χ1) is 10.1. The van der Waals surface area contributed by atoms with Crippen LogP contribution in [-0.2, 0) is 4.79 Å². The van der Waals surface area contributed by atoms with Gasteiger partial charge in [-0.1, -0.05) is 23.2 Å². The topological polar surface area (TPSA) is 65.5 Å². The quantitative estimate of drug-likeness (QED) is 0.739. The summed E-state index contributed by atoms with van der Waals surface area (Å²) in [5.74, 6) is 0.741. The summed E-state index contributed by atoms with van der Waals surface area (Å²) in [6, 6.07) is 4.62. The number of rotatable bonds is 3. The van der Waals surface area contributed by atoms with E-state index in [-0.39, 0.29) is 17.9 Å². The van der Waals surface area contributed by atoms with E-state index >= 15 is 0 Å². The van der Waals surface area contributed by atoms with Crippen molar-refractivity contribution in [1.82, 2.24) is 10.9 Å². The van der Waals surface area contributed by atoms with Crippen LogP contribution in [0.1, 0.15) is 0 Å². The van der Waals surface area contributed by atoms with E-state index in [2.05, 4.69) is 21.4 Å². The third-order valence-corrected chi connectivity index (χ3v) is 4.69. The van der Waals surface area contributed by atoms with Gasteiger partial charge in [-0.2, -0.15) is 5.10 Å². The Morgan fingerprint density at radius 2 is 2.29 bits per heavy atom. The number of fused-ring (bicyclic) bond motifs is 1. The first-order valence-corrected chi connectivity index (χ1v) is 8.08. The van der Waals surface area contributed by atoms with Gasteiger partial charge in [0.05, 0.1) is 16.4 Å². The van der Waals surface area contributed by atoms with E-state index in [1.807, 2.05) is 11.5 Å². The lowest BCUT2D eigenvalue weighted by atomic mass is 9.97. The van der Waals surface area contributed by atoms with Gasteiger partial charge in [-0.3, -0.25) is 21.1 Å². The molecule has 0 fully saturated rings. The number of thioether (sulfide) groups is 1. The number of nitrogens with zero attached hydrogens (tertiary/aromatic N) is 1. The van der Waals surface area contributed by atoms with E-state index in [1.54, 1.807) is 30.0 Å². The molecule has 1 aromatic rings. The van der Waals surface area contributed by atoms with E-state index in [9.17, 15) is 4.79 Å². The fraction of sp³-hybridized carbons (Fsp3) is 0.231. The second-order valence-corrected chi connectivity index (χ2v) is 6.41. The fourth-order valence-electron chi connectivity index (χ4n) is 2.15. The minimum absolute atomic E-state index is 0.0856. The van der Waals surface area contributed by atoms with Crippen molar-refractivity contribution in [2.24, 2.45) is 11.0 Å². The van der Waals surface area contributed by atoms with Crippen LogP contribution in [0.4, 0.5) is 5.69 Å². The molecule has 2 aliphatic rings. The number of halogens is 2. The second kappa shape index (κ2) is 6.17. The van der Waals surface area contributed by atoms with Gasteiger partial charge in [0.1, 0.15) is 6.04 Å². The van der Waals surface area contributed by atoms with Crippen LogP contribution in [0, 0.1) is 5.92 Å². The number of carbonyl (C=O) groups is 1. The van der Waals surface area contributed by atoms with Crippen LogP contribution in [0.25, 0.3) is 0 Å². The zero-order valence-corrected chi connectivity index (χ0v) is 13.1. The van der Waals surface area contributed by atoms with Crippen molar-refractivity contribution in [3.8, 4) is 0 Å². The highest BCUT2D eigenvalue weighted by molar-refractivity contribution is 8.02. The SMILES string of the molecule is O=C(NNc1ccc(Cl)cc1Cl)C1NN=C2C=CSCC21. The number of allylic oxidation sites excluding steroid dienone is 1. The number of hydrogen-bond donors (Lipinski definition) is 3. The van der Waals surface area contributed by atoms with Gasteiger partial charge in [-0.15, -0.1) is 11.8 Å². The van der Waals surface area contributed by atoms with E-state index in [0.717, 1.165) is 11.5 Å². The third kappa shape index (κ3) is 3.12. The molecule has 0 aromatic heterocycles. The van der Waals surface area contributed by atoms with Crippen LogP contribution in [-0.4, -0.2) is 23.4 Å². The highest BCUT2D eigenvalue weighted by Crippen LogP contribution is 2.26. The molecule has 0 spiro atoms. The molecule has 0 aliphatic carbocycles. The molecule has 21 heavy (non-hydrogen) atoms.